The van der Waals surface area contributed by atoms with E-state index in [9.17, 15) is 9.59 Å². The van der Waals surface area contributed by atoms with Crippen molar-refractivity contribution in [2.24, 2.45) is 0 Å². The summed E-state index contributed by atoms with van der Waals surface area (Å²) in [6, 6.07) is 11.2. The number of benzene rings is 1. The summed E-state index contributed by atoms with van der Waals surface area (Å²) in [5.41, 5.74) is 2.33. The van der Waals surface area contributed by atoms with Crippen LogP contribution in [0.4, 0.5) is 5.69 Å². The maximum atomic E-state index is 12.6. The van der Waals surface area contributed by atoms with Gasteiger partial charge in [-0.25, -0.2) is 0 Å². The Morgan fingerprint density at radius 2 is 1.88 bits per heavy atom. The van der Waals surface area contributed by atoms with Crippen molar-refractivity contribution in [1.29, 1.82) is 0 Å². The van der Waals surface area contributed by atoms with Crippen molar-refractivity contribution in [3.05, 3.63) is 58.9 Å². The van der Waals surface area contributed by atoms with Crippen LogP contribution >= 0.6 is 11.6 Å². The molecule has 1 N–H and O–H groups in total. The monoisotopic (exact) mass is 358 g/mol. The van der Waals surface area contributed by atoms with Crippen LogP contribution in [-0.4, -0.2) is 53.3 Å². The summed E-state index contributed by atoms with van der Waals surface area (Å²) >= 11 is 5.88. The number of anilines is 1. The van der Waals surface area contributed by atoms with Gasteiger partial charge in [-0.2, -0.15) is 0 Å². The number of hydrogen-bond acceptors (Lipinski definition) is 4. The summed E-state index contributed by atoms with van der Waals surface area (Å²) in [6.07, 6.45) is 2.44. The molecule has 1 aromatic heterocycles. The molecule has 0 radical (unpaired) electrons. The standard InChI is InChI=1S/C18H19ClN4O2/c19-15-3-1-14(2-4-15)12-21-16-5-6-20-17(11-16)18(25)23-9-7-22(13-24)8-10-23/h1-6,11,13H,7-10,12H2,(H,20,21). The molecule has 1 aliphatic heterocycles. The number of rotatable bonds is 5. The SMILES string of the molecule is O=CN1CCN(C(=O)c2cc(NCc3ccc(Cl)cc3)ccn2)CC1. The quantitative estimate of drug-likeness (QED) is 0.833. The van der Waals surface area contributed by atoms with Crippen LogP contribution in [0, 0.1) is 0 Å². The molecule has 0 atom stereocenters. The fourth-order valence-electron chi connectivity index (χ4n) is 2.66. The lowest BCUT2D eigenvalue weighted by Crippen LogP contribution is -2.48. The predicted octanol–water partition coefficient (Wildman–Crippen LogP) is 2.26. The number of carbonyl (C=O) groups excluding carboxylic acids is 2. The molecule has 1 aromatic carbocycles. The minimum atomic E-state index is -0.110. The molecule has 0 spiro atoms. The smallest absolute Gasteiger partial charge is 0.272 e. The third-order valence-electron chi connectivity index (χ3n) is 4.14. The molecule has 0 saturated carbocycles. The molecule has 130 valence electrons. The molecule has 25 heavy (non-hydrogen) atoms. The van der Waals surface area contributed by atoms with E-state index in [2.05, 4.69) is 10.3 Å². The van der Waals surface area contributed by atoms with Gasteiger partial charge in [-0.15, -0.1) is 0 Å². The number of carbonyl (C=O) groups is 2. The summed E-state index contributed by atoms with van der Waals surface area (Å²) in [6.45, 7) is 2.81. The van der Waals surface area contributed by atoms with Gasteiger partial charge in [-0.05, 0) is 29.8 Å². The van der Waals surface area contributed by atoms with Crippen LogP contribution in [0.2, 0.25) is 5.02 Å². The second-order valence-electron chi connectivity index (χ2n) is 5.84. The van der Waals surface area contributed by atoms with Gasteiger partial charge in [0.1, 0.15) is 5.69 Å². The summed E-state index contributed by atoms with van der Waals surface area (Å²) in [5.74, 6) is -0.110. The van der Waals surface area contributed by atoms with E-state index in [1.807, 2.05) is 30.3 Å². The van der Waals surface area contributed by atoms with Crippen molar-refractivity contribution in [1.82, 2.24) is 14.8 Å². The highest BCUT2D eigenvalue weighted by Gasteiger charge is 2.22. The first-order chi connectivity index (χ1) is 12.2. The van der Waals surface area contributed by atoms with Crippen LogP contribution in [0.5, 0.6) is 0 Å². The number of amides is 2. The van der Waals surface area contributed by atoms with E-state index >= 15 is 0 Å². The minimum absolute atomic E-state index is 0.110. The molecule has 6 nitrogen and oxygen atoms in total. The van der Waals surface area contributed by atoms with Gasteiger partial charge in [0.2, 0.25) is 6.41 Å². The Hall–Kier alpha value is -2.60. The van der Waals surface area contributed by atoms with Gasteiger partial charge < -0.3 is 15.1 Å². The second-order valence-corrected chi connectivity index (χ2v) is 6.28. The molecule has 3 rings (SSSR count). The molecule has 1 aliphatic rings. The average Bonchev–Trinajstić information content (AvgIpc) is 2.67. The van der Waals surface area contributed by atoms with Gasteiger partial charge in [0.15, 0.2) is 0 Å². The molecule has 7 heteroatoms. The van der Waals surface area contributed by atoms with E-state index in [4.69, 9.17) is 11.6 Å². The van der Waals surface area contributed by atoms with Crippen LogP contribution in [0.3, 0.4) is 0 Å². The van der Waals surface area contributed by atoms with Gasteiger partial charge in [0, 0.05) is 49.6 Å². The lowest BCUT2D eigenvalue weighted by atomic mass is 10.2. The fourth-order valence-corrected chi connectivity index (χ4v) is 2.78. The predicted molar refractivity (Wildman–Crippen MR) is 96.6 cm³/mol. The molecular formula is C18H19ClN4O2. The normalized spacial score (nSPS) is 14.3. The largest absolute Gasteiger partial charge is 0.381 e. The Morgan fingerprint density at radius 1 is 1.16 bits per heavy atom. The molecule has 2 heterocycles. The van der Waals surface area contributed by atoms with Gasteiger partial charge >= 0.3 is 0 Å². The first-order valence-electron chi connectivity index (χ1n) is 8.09. The van der Waals surface area contributed by atoms with E-state index < -0.39 is 0 Å². The molecule has 1 saturated heterocycles. The topological polar surface area (TPSA) is 65.5 Å². The summed E-state index contributed by atoms with van der Waals surface area (Å²) in [7, 11) is 0. The van der Waals surface area contributed by atoms with Crippen molar-refractivity contribution >= 4 is 29.6 Å². The molecule has 2 amide bonds. The van der Waals surface area contributed by atoms with Crippen molar-refractivity contribution in [3.63, 3.8) is 0 Å². The third kappa shape index (κ3) is 4.48. The molecule has 0 unspecified atom stereocenters. The Bertz CT molecular complexity index is 743. The minimum Gasteiger partial charge on any atom is -0.381 e. The number of nitrogens with zero attached hydrogens (tertiary/aromatic N) is 3. The second kappa shape index (κ2) is 7.98. The number of nitrogens with one attached hydrogen (secondary N) is 1. The first-order valence-corrected chi connectivity index (χ1v) is 8.46. The zero-order valence-electron chi connectivity index (χ0n) is 13.7. The molecular weight excluding hydrogens is 340 g/mol. The fraction of sp³-hybridized carbons (Fsp3) is 0.278. The van der Waals surface area contributed by atoms with E-state index in [0.29, 0.717) is 43.4 Å². The highest BCUT2D eigenvalue weighted by molar-refractivity contribution is 6.30. The Labute approximate surface area is 151 Å². The Kier molecular flexibility index (Phi) is 5.50. The van der Waals surface area contributed by atoms with Gasteiger partial charge in [-0.1, -0.05) is 23.7 Å². The number of pyridine rings is 1. The lowest BCUT2D eigenvalue weighted by Gasteiger charge is -2.32. The number of piperazine rings is 1. The lowest BCUT2D eigenvalue weighted by molar-refractivity contribution is -0.119. The van der Waals surface area contributed by atoms with Crippen molar-refractivity contribution in [3.8, 4) is 0 Å². The number of hydrogen-bond donors (Lipinski definition) is 1. The first kappa shape index (κ1) is 17.2. The van der Waals surface area contributed by atoms with Gasteiger partial charge in [0.25, 0.3) is 5.91 Å². The van der Waals surface area contributed by atoms with Gasteiger partial charge in [0.05, 0.1) is 0 Å². The maximum Gasteiger partial charge on any atom is 0.272 e. The van der Waals surface area contributed by atoms with E-state index in [-0.39, 0.29) is 5.91 Å². The third-order valence-corrected chi connectivity index (χ3v) is 4.39. The Morgan fingerprint density at radius 3 is 2.56 bits per heavy atom. The van der Waals surface area contributed by atoms with Crippen LogP contribution in [-0.2, 0) is 11.3 Å². The average molecular weight is 359 g/mol. The molecule has 1 fully saturated rings. The van der Waals surface area contributed by atoms with Crippen molar-refractivity contribution in [2.75, 3.05) is 31.5 Å². The Balaban J connectivity index is 1.61. The number of halogens is 1. The highest BCUT2D eigenvalue weighted by atomic mass is 35.5. The van der Waals surface area contributed by atoms with E-state index in [1.54, 1.807) is 22.1 Å². The summed E-state index contributed by atoms with van der Waals surface area (Å²) < 4.78 is 0. The van der Waals surface area contributed by atoms with Crippen molar-refractivity contribution < 1.29 is 9.59 Å². The van der Waals surface area contributed by atoms with Crippen LogP contribution in [0.15, 0.2) is 42.6 Å². The van der Waals surface area contributed by atoms with E-state index in [0.717, 1.165) is 17.7 Å². The number of aromatic nitrogens is 1. The van der Waals surface area contributed by atoms with Crippen LogP contribution in [0.25, 0.3) is 0 Å². The van der Waals surface area contributed by atoms with Crippen LogP contribution < -0.4 is 5.32 Å². The van der Waals surface area contributed by atoms with Crippen molar-refractivity contribution in [2.45, 2.75) is 6.54 Å². The van der Waals surface area contributed by atoms with E-state index in [1.165, 1.54) is 0 Å². The maximum absolute atomic E-state index is 12.6. The summed E-state index contributed by atoms with van der Waals surface area (Å²) in [5, 5.41) is 3.99. The summed E-state index contributed by atoms with van der Waals surface area (Å²) in [4.78, 5) is 30.9. The highest BCUT2D eigenvalue weighted by Crippen LogP contribution is 2.14. The molecule has 0 aliphatic carbocycles. The zero-order valence-corrected chi connectivity index (χ0v) is 14.4. The molecule has 2 aromatic rings. The van der Waals surface area contributed by atoms with Crippen LogP contribution in [0.1, 0.15) is 16.1 Å². The zero-order chi connectivity index (χ0) is 17.6. The molecule has 0 bridgehead atoms. The van der Waals surface area contributed by atoms with Gasteiger partial charge in [-0.3, -0.25) is 14.6 Å².